The molecular formula is C12H22N2O. The van der Waals surface area contributed by atoms with Crippen molar-refractivity contribution in [3.63, 3.8) is 0 Å². The summed E-state index contributed by atoms with van der Waals surface area (Å²) in [5.74, 6) is 0.885. The number of likely N-dealkylation sites (tertiary alicyclic amines) is 1. The molecule has 2 atom stereocenters. The van der Waals surface area contributed by atoms with Gasteiger partial charge < -0.3 is 10.6 Å². The minimum atomic E-state index is 0.0577. The average molecular weight is 210 g/mol. The Morgan fingerprint density at radius 1 is 1.53 bits per heavy atom. The van der Waals surface area contributed by atoms with Crippen molar-refractivity contribution in [2.24, 2.45) is 17.1 Å². The van der Waals surface area contributed by atoms with Crippen LogP contribution in [0.25, 0.3) is 0 Å². The van der Waals surface area contributed by atoms with Crippen LogP contribution in [0.3, 0.4) is 0 Å². The fourth-order valence-corrected chi connectivity index (χ4v) is 3.29. The Morgan fingerprint density at radius 3 is 2.53 bits per heavy atom. The molecule has 0 aromatic carbocycles. The summed E-state index contributed by atoms with van der Waals surface area (Å²) in [6.07, 6.45) is 3.03. The second-order valence-electron chi connectivity index (χ2n) is 5.38. The van der Waals surface area contributed by atoms with E-state index in [4.69, 9.17) is 5.73 Å². The zero-order valence-corrected chi connectivity index (χ0v) is 9.99. The van der Waals surface area contributed by atoms with Crippen LogP contribution in [0.4, 0.5) is 0 Å². The van der Waals surface area contributed by atoms with E-state index in [1.807, 2.05) is 4.90 Å². The summed E-state index contributed by atoms with van der Waals surface area (Å²) in [5.41, 5.74) is 6.47. The highest BCUT2D eigenvalue weighted by molar-refractivity contribution is 5.80. The SMILES string of the molecule is CCN1C(=O)C[C@H](N)[C@H]1C1(C(C)C)CC1. The lowest BCUT2D eigenvalue weighted by molar-refractivity contribution is -0.129. The molecule has 1 saturated carbocycles. The van der Waals surface area contributed by atoms with E-state index in [0.29, 0.717) is 23.8 Å². The van der Waals surface area contributed by atoms with E-state index in [1.165, 1.54) is 12.8 Å². The second-order valence-corrected chi connectivity index (χ2v) is 5.38. The standard InChI is InChI=1S/C12H22N2O/c1-4-14-10(15)7-9(13)11(14)12(5-6-12)8(2)3/h8-9,11H,4-7,13H2,1-3H3/t9-,11-/m0/s1. The fraction of sp³-hybridized carbons (Fsp3) is 0.917. The number of hydrogen-bond donors (Lipinski definition) is 1. The van der Waals surface area contributed by atoms with Crippen molar-refractivity contribution >= 4 is 5.91 Å². The first-order valence-electron chi connectivity index (χ1n) is 6.08. The number of nitrogens with two attached hydrogens (primary N) is 1. The molecule has 2 N–H and O–H groups in total. The molecule has 0 spiro atoms. The van der Waals surface area contributed by atoms with Crippen LogP contribution in [0.5, 0.6) is 0 Å². The molecule has 86 valence electrons. The minimum absolute atomic E-state index is 0.0577. The summed E-state index contributed by atoms with van der Waals surface area (Å²) in [7, 11) is 0. The number of nitrogens with zero attached hydrogens (tertiary/aromatic N) is 1. The van der Waals surface area contributed by atoms with Gasteiger partial charge in [-0.1, -0.05) is 13.8 Å². The van der Waals surface area contributed by atoms with Crippen molar-refractivity contribution in [2.45, 2.75) is 52.1 Å². The van der Waals surface area contributed by atoms with Gasteiger partial charge in [-0.25, -0.2) is 0 Å². The van der Waals surface area contributed by atoms with Gasteiger partial charge >= 0.3 is 0 Å². The number of hydrogen-bond acceptors (Lipinski definition) is 2. The van der Waals surface area contributed by atoms with E-state index < -0.39 is 0 Å². The third-order valence-electron chi connectivity index (χ3n) is 4.38. The van der Waals surface area contributed by atoms with E-state index in [-0.39, 0.29) is 11.9 Å². The van der Waals surface area contributed by atoms with Gasteiger partial charge in [0.05, 0.1) is 6.04 Å². The Morgan fingerprint density at radius 2 is 2.13 bits per heavy atom. The topological polar surface area (TPSA) is 46.3 Å². The first kappa shape index (κ1) is 10.9. The van der Waals surface area contributed by atoms with Gasteiger partial charge in [0.2, 0.25) is 5.91 Å². The molecule has 0 radical (unpaired) electrons. The fourth-order valence-electron chi connectivity index (χ4n) is 3.29. The summed E-state index contributed by atoms with van der Waals surface area (Å²) in [5, 5.41) is 0. The van der Waals surface area contributed by atoms with E-state index in [2.05, 4.69) is 20.8 Å². The molecule has 0 aromatic rings. The van der Waals surface area contributed by atoms with Crippen molar-refractivity contribution in [2.75, 3.05) is 6.54 Å². The number of amides is 1. The maximum Gasteiger partial charge on any atom is 0.224 e. The lowest BCUT2D eigenvalue weighted by atomic mass is 9.81. The molecule has 2 fully saturated rings. The maximum atomic E-state index is 11.8. The summed E-state index contributed by atoms with van der Waals surface area (Å²) in [6.45, 7) is 7.39. The molecule has 2 rings (SSSR count). The second kappa shape index (κ2) is 3.48. The highest BCUT2D eigenvalue weighted by Gasteiger charge is 2.58. The smallest absolute Gasteiger partial charge is 0.224 e. The molecule has 1 heterocycles. The Balaban J connectivity index is 2.23. The van der Waals surface area contributed by atoms with Crippen LogP contribution in [-0.4, -0.2) is 29.4 Å². The van der Waals surface area contributed by atoms with Crippen molar-refractivity contribution in [1.82, 2.24) is 4.90 Å². The van der Waals surface area contributed by atoms with E-state index in [9.17, 15) is 4.79 Å². The summed E-state index contributed by atoms with van der Waals surface area (Å²) in [6, 6.07) is 0.359. The predicted molar refractivity (Wildman–Crippen MR) is 60.3 cm³/mol. The van der Waals surface area contributed by atoms with Crippen molar-refractivity contribution in [3.8, 4) is 0 Å². The number of likely N-dealkylation sites (N-methyl/N-ethyl adjacent to an activating group) is 1. The third kappa shape index (κ3) is 1.48. The number of carbonyl (C=O) groups excluding carboxylic acids is 1. The molecule has 15 heavy (non-hydrogen) atoms. The molecular weight excluding hydrogens is 188 g/mol. The van der Waals surface area contributed by atoms with Crippen molar-refractivity contribution in [3.05, 3.63) is 0 Å². The maximum absolute atomic E-state index is 11.8. The van der Waals surface area contributed by atoms with Crippen molar-refractivity contribution in [1.29, 1.82) is 0 Å². The zero-order valence-electron chi connectivity index (χ0n) is 9.99. The Bertz CT molecular complexity index is 271. The van der Waals surface area contributed by atoms with Crippen LogP contribution in [0, 0.1) is 11.3 Å². The first-order chi connectivity index (χ1) is 7.03. The van der Waals surface area contributed by atoms with Gasteiger partial charge in [-0.15, -0.1) is 0 Å². The number of rotatable bonds is 3. The zero-order chi connectivity index (χ0) is 11.2. The van der Waals surface area contributed by atoms with Gasteiger partial charge in [0.25, 0.3) is 0 Å². The lowest BCUT2D eigenvalue weighted by Gasteiger charge is -2.36. The highest BCUT2D eigenvalue weighted by atomic mass is 16.2. The molecule has 0 bridgehead atoms. The predicted octanol–water partition coefficient (Wildman–Crippen LogP) is 1.37. The Labute approximate surface area is 92.0 Å². The third-order valence-corrected chi connectivity index (χ3v) is 4.38. The molecule has 0 aromatic heterocycles. The average Bonchev–Trinajstić information content (AvgIpc) is 2.89. The van der Waals surface area contributed by atoms with Crippen LogP contribution in [0.2, 0.25) is 0 Å². The molecule has 1 saturated heterocycles. The molecule has 3 nitrogen and oxygen atoms in total. The van der Waals surface area contributed by atoms with Crippen LogP contribution in [0.15, 0.2) is 0 Å². The van der Waals surface area contributed by atoms with Gasteiger partial charge in [-0.05, 0) is 31.1 Å². The van der Waals surface area contributed by atoms with Crippen LogP contribution < -0.4 is 5.73 Å². The summed E-state index contributed by atoms with van der Waals surface area (Å²) in [4.78, 5) is 13.8. The largest absolute Gasteiger partial charge is 0.338 e. The lowest BCUT2D eigenvalue weighted by Crippen LogP contribution is -2.48. The Hall–Kier alpha value is -0.570. The van der Waals surface area contributed by atoms with Gasteiger partial charge in [0.15, 0.2) is 0 Å². The quantitative estimate of drug-likeness (QED) is 0.764. The van der Waals surface area contributed by atoms with E-state index >= 15 is 0 Å². The van der Waals surface area contributed by atoms with Crippen LogP contribution in [0.1, 0.15) is 40.0 Å². The Kier molecular flexibility index (Phi) is 2.53. The van der Waals surface area contributed by atoms with Gasteiger partial charge in [-0.2, -0.15) is 0 Å². The highest BCUT2D eigenvalue weighted by Crippen LogP contribution is 2.58. The minimum Gasteiger partial charge on any atom is -0.338 e. The molecule has 1 aliphatic heterocycles. The van der Waals surface area contributed by atoms with Gasteiger partial charge in [0, 0.05) is 19.0 Å². The first-order valence-corrected chi connectivity index (χ1v) is 6.08. The van der Waals surface area contributed by atoms with Gasteiger partial charge in [-0.3, -0.25) is 4.79 Å². The van der Waals surface area contributed by atoms with Crippen LogP contribution >= 0.6 is 0 Å². The van der Waals surface area contributed by atoms with Gasteiger partial charge in [0.1, 0.15) is 0 Å². The summed E-state index contributed by atoms with van der Waals surface area (Å²) >= 11 is 0. The van der Waals surface area contributed by atoms with Crippen molar-refractivity contribution < 1.29 is 4.79 Å². The monoisotopic (exact) mass is 210 g/mol. The summed E-state index contributed by atoms with van der Waals surface area (Å²) < 4.78 is 0. The molecule has 2 aliphatic rings. The molecule has 0 unspecified atom stereocenters. The normalized spacial score (nSPS) is 33.9. The van der Waals surface area contributed by atoms with E-state index in [0.717, 1.165) is 6.54 Å². The van der Waals surface area contributed by atoms with E-state index in [1.54, 1.807) is 0 Å². The molecule has 1 amide bonds. The molecule has 3 heteroatoms. The van der Waals surface area contributed by atoms with Crippen LogP contribution in [-0.2, 0) is 4.79 Å². The molecule has 1 aliphatic carbocycles. The number of carbonyl (C=O) groups is 1.